The number of hydrogen-bond acceptors (Lipinski definition) is 1. The topological polar surface area (TPSA) is 17.1 Å². The van der Waals surface area contributed by atoms with Crippen LogP contribution in [-0.4, -0.2) is 5.78 Å². The van der Waals surface area contributed by atoms with Crippen LogP contribution in [0.2, 0.25) is 0 Å². The molecule has 0 unspecified atom stereocenters. The van der Waals surface area contributed by atoms with Crippen molar-refractivity contribution in [2.24, 2.45) is 0 Å². The Kier molecular flexibility index (Phi) is 4.70. The highest BCUT2D eigenvalue weighted by atomic mass is 19.4. The lowest BCUT2D eigenvalue weighted by Gasteiger charge is -2.08. The van der Waals surface area contributed by atoms with Crippen LogP contribution in [0.3, 0.4) is 0 Å². The van der Waals surface area contributed by atoms with E-state index in [0.717, 1.165) is 12.1 Å². The summed E-state index contributed by atoms with van der Waals surface area (Å²) in [5.41, 5.74) is 0.608. The molecule has 0 atom stereocenters. The molecule has 4 heteroatoms. The van der Waals surface area contributed by atoms with Crippen LogP contribution < -0.4 is 0 Å². The van der Waals surface area contributed by atoms with E-state index < -0.39 is 11.7 Å². The van der Waals surface area contributed by atoms with Gasteiger partial charge in [0.05, 0.1) is 5.56 Å². The summed E-state index contributed by atoms with van der Waals surface area (Å²) in [4.78, 5) is 11.8. The standard InChI is InChI=1S/C14H15F3O/c1-3-11(4-2)13(18)9-10-5-7-12(8-6-10)14(15,16)17/h3,5-8H,4,9H2,1-2H3/b11-3-. The Morgan fingerprint density at radius 1 is 1.22 bits per heavy atom. The molecule has 1 rings (SSSR count). The van der Waals surface area contributed by atoms with Gasteiger partial charge in [-0.25, -0.2) is 0 Å². The summed E-state index contributed by atoms with van der Waals surface area (Å²) in [7, 11) is 0. The number of rotatable bonds is 4. The molecule has 0 aliphatic carbocycles. The number of halogens is 3. The quantitative estimate of drug-likeness (QED) is 0.739. The number of ketones is 1. The number of carbonyl (C=O) groups is 1. The molecule has 0 saturated heterocycles. The Labute approximate surface area is 104 Å². The molecule has 0 heterocycles. The summed E-state index contributed by atoms with van der Waals surface area (Å²) in [6.07, 6.45) is -1.81. The number of carbonyl (C=O) groups excluding carboxylic acids is 1. The lowest BCUT2D eigenvalue weighted by Crippen LogP contribution is -2.07. The predicted molar refractivity (Wildman–Crippen MR) is 64.2 cm³/mol. The largest absolute Gasteiger partial charge is 0.416 e. The minimum absolute atomic E-state index is 0.0419. The van der Waals surface area contributed by atoms with E-state index in [9.17, 15) is 18.0 Å². The second-order valence-electron chi connectivity index (χ2n) is 3.96. The molecule has 0 radical (unpaired) electrons. The van der Waals surface area contributed by atoms with Crippen molar-refractivity contribution in [3.05, 3.63) is 47.0 Å². The van der Waals surface area contributed by atoms with Crippen molar-refractivity contribution in [3.8, 4) is 0 Å². The summed E-state index contributed by atoms with van der Waals surface area (Å²) in [6, 6.07) is 4.71. The van der Waals surface area contributed by atoms with Crippen LogP contribution in [0, 0.1) is 0 Å². The molecule has 0 fully saturated rings. The summed E-state index contributed by atoms with van der Waals surface area (Å²) in [5, 5.41) is 0. The predicted octanol–water partition coefficient (Wildman–Crippen LogP) is 4.17. The maximum atomic E-state index is 12.3. The van der Waals surface area contributed by atoms with Gasteiger partial charge < -0.3 is 0 Å². The molecule has 98 valence electrons. The Bertz CT molecular complexity index is 441. The summed E-state index contributed by atoms with van der Waals surface area (Å²) >= 11 is 0. The highest BCUT2D eigenvalue weighted by Gasteiger charge is 2.29. The number of allylic oxidation sites excluding steroid dienone is 2. The molecular formula is C14H15F3O. The van der Waals surface area contributed by atoms with E-state index in [-0.39, 0.29) is 12.2 Å². The molecule has 18 heavy (non-hydrogen) atoms. The molecule has 1 nitrogen and oxygen atoms in total. The van der Waals surface area contributed by atoms with Gasteiger partial charge in [0.1, 0.15) is 0 Å². The van der Waals surface area contributed by atoms with Crippen LogP contribution in [0.15, 0.2) is 35.9 Å². The van der Waals surface area contributed by atoms with Gasteiger partial charge in [0.2, 0.25) is 0 Å². The van der Waals surface area contributed by atoms with E-state index in [1.54, 1.807) is 13.0 Å². The maximum Gasteiger partial charge on any atom is 0.416 e. The zero-order valence-electron chi connectivity index (χ0n) is 10.3. The first-order valence-electron chi connectivity index (χ1n) is 5.73. The second-order valence-corrected chi connectivity index (χ2v) is 3.96. The van der Waals surface area contributed by atoms with E-state index in [4.69, 9.17) is 0 Å². The second kappa shape index (κ2) is 5.85. The minimum atomic E-state index is -4.33. The number of hydrogen-bond donors (Lipinski definition) is 0. The number of alkyl halides is 3. The Hall–Kier alpha value is -1.58. The van der Waals surface area contributed by atoms with Gasteiger partial charge in [-0.3, -0.25) is 4.79 Å². The van der Waals surface area contributed by atoms with Gasteiger partial charge >= 0.3 is 6.18 Å². The highest BCUT2D eigenvalue weighted by molar-refractivity contribution is 5.96. The summed E-state index contributed by atoms with van der Waals surface area (Å²) in [6.45, 7) is 3.66. The molecule has 1 aromatic rings. The first-order valence-corrected chi connectivity index (χ1v) is 5.73. The van der Waals surface area contributed by atoms with Gasteiger partial charge in [-0.2, -0.15) is 13.2 Å². The van der Waals surface area contributed by atoms with Gasteiger partial charge in [0.15, 0.2) is 5.78 Å². The maximum absolute atomic E-state index is 12.3. The minimum Gasteiger partial charge on any atom is -0.294 e. The average molecular weight is 256 g/mol. The van der Waals surface area contributed by atoms with E-state index >= 15 is 0 Å². The van der Waals surface area contributed by atoms with Crippen molar-refractivity contribution in [2.75, 3.05) is 0 Å². The fraction of sp³-hybridized carbons (Fsp3) is 0.357. The molecule has 0 aliphatic heterocycles. The van der Waals surface area contributed by atoms with Crippen LogP contribution in [0.5, 0.6) is 0 Å². The molecule has 0 aromatic heterocycles. The average Bonchev–Trinajstić information content (AvgIpc) is 2.30. The van der Waals surface area contributed by atoms with E-state index in [1.165, 1.54) is 12.1 Å². The third-order valence-electron chi connectivity index (χ3n) is 2.73. The first kappa shape index (κ1) is 14.5. The Morgan fingerprint density at radius 3 is 2.17 bits per heavy atom. The molecule has 0 N–H and O–H groups in total. The molecule has 0 amide bonds. The fourth-order valence-electron chi connectivity index (χ4n) is 1.67. The van der Waals surface area contributed by atoms with Crippen molar-refractivity contribution in [2.45, 2.75) is 32.9 Å². The Balaban J connectivity index is 2.79. The van der Waals surface area contributed by atoms with Crippen molar-refractivity contribution in [3.63, 3.8) is 0 Å². The Morgan fingerprint density at radius 2 is 1.78 bits per heavy atom. The first-order chi connectivity index (χ1) is 8.38. The van der Waals surface area contributed by atoms with Crippen LogP contribution >= 0.6 is 0 Å². The molecule has 0 spiro atoms. The molecule has 0 bridgehead atoms. The third kappa shape index (κ3) is 3.72. The van der Waals surface area contributed by atoms with E-state index in [2.05, 4.69) is 0 Å². The van der Waals surface area contributed by atoms with Crippen LogP contribution in [-0.2, 0) is 17.4 Å². The molecule has 0 aliphatic rings. The lowest BCUT2D eigenvalue weighted by atomic mass is 10.0. The molecule has 0 saturated carbocycles. The third-order valence-corrected chi connectivity index (χ3v) is 2.73. The van der Waals surface area contributed by atoms with Gasteiger partial charge in [0, 0.05) is 6.42 Å². The normalized spacial score (nSPS) is 12.6. The number of Topliss-reactive ketones (excluding diaryl/α,β-unsaturated/α-hetero) is 1. The van der Waals surface area contributed by atoms with Crippen molar-refractivity contribution < 1.29 is 18.0 Å². The van der Waals surface area contributed by atoms with Gasteiger partial charge in [-0.15, -0.1) is 0 Å². The van der Waals surface area contributed by atoms with Crippen molar-refractivity contribution in [1.29, 1.82) is 0 Å². The van der Waals surface area contributed by atoms with Gasteiger partial charge in [-0.1, -0.05) is 25.1 Å². The van der Waals surface area contributed by atoms with E-state index in [1.807, 2.05) is 6.92 Å². The number of benzene rings is 1. The molecular weight excluding hydrogens is 241 g/mol. The van der Waals surface area contributed by atoms with E-state index in [0.29, 0.717) is 17.6 Å². The van der Waals surface area contributed by atoms with Crippen LogP contribution in [0.4, 0.5) is 13.2 Å². The van der Waals surface area contributed by atoms with Crippen LogP contribution in [0.1, 0.15) is 31.4 Å². The monoisotopic (exact) mass is 256 g/mol. The van der Waals surface area contributed by atoms with Crippen LogP contribution in [0.25, 0.3) is 0 Å². The highest BCUT2D eigenvalue weighted by Crippen LogP contribution is 2.29. The van der Waals surface area contributed by atoms with Crippen molar-refractivity contribution >= 4 is 5.78 Å². The summed E-state index contributed by atoms with van der Waals surface area (Å²) in [5.74, 6) is -0.0419. The smallest absolute Gasteiger partial charge is 0.294 e. The zero-order valence-corrected chi connectivity index (χ0v) is 10.3. The summed E-state index contributed by atoms with van der Waals surface area (Å²) < 4.78 is 37.0. The SMILES string of the molecule is C/C=C(/CC)C(=O)Cc1ccc(C(F)(F)F)cc1. The molecule has 1 aromatic carbocycles. The van der Waals surface area contributed by atoms with Crippen molar-refractivity contribution in [1.82, 2.24) is 0 Å². The van der Waals surface area contributed by atoms with Gasteiger partial charge in [0.25, 0.3) is 0 Å². The zero-order chi connectivity index (χ0) is 13.8. The lowest BCUT2D eigenvalue weighted by molar-refractivity contribution is -0.137. The fourth-order valence-corrected chi connectivity index (χ4v) is 1.67. The van der Waals surface area contributed by atoms with Gasteiger partial charge in [-0.05, 0) is 36.6 Å².